The van der Waals surface area contributed by atoms with Gasteiger partial charge >= 0.3 is 0 Å². The van der Waals surface area contributed by atoms with E-state index < -0.39 is 0 Å². The maximum absolute atomic E-state index is 5.04. The van der Waals surface area contributed by atoms with Crippen LogP contribution in [-0.2, 0) is 4.74 Å². The summed E-state index contributed by atoms with van der Waals surface area (Å²) in [5, 5.41) is 3.47. The second kappa shape index (κ2) is 11.4. The predicted octanol–water partition coefficient (Wildman–Crippen LogP) is 1.98. The Balaban J connectivity index is 3.08. The Kier molecular flexibility index (Phi) is 11.3. The second-order valence-electron chi connectivity index (χ2n) is 4.95. The van der Waals surface area contributed by atoms with Crippen LogP contribution in [0, 0.1) is 5.92 Å². The Morgan fingerprint density at radius 2 is 1.88 bits per heavy atom. The van der Waals surface area contributed by atoms with Gasteiger partial charge in [0.15, 0.2) is 0 Å². The first kappa shape index (κ1) is 15.9. The molecule has 0 saturated heterocycles. The first-order valence-electron chi connectivity index (χ1n) is 6.55. The van der Waals surface area contributed by atoms with Gasteiger partial charge in [0.2, 0.25) is 0 Å². The van der Waals surface area contributed by atoms with Gasteiger partial charge in [0.1, 0.15) is 0 Å². The highest BCUT2D eigenvalue weighted by atomic mass is 16.5. The zero-order chi connectivity index (χ0) is 12.2. The van der Waals surface area contributed by atoms with Crippen LogP contribution in [0.1, 0.15) is 33.1 Å². The topological polar surface area (TPSA) is 24.5 Å². The quantitative estimate of drug-likeness (QED) is 0.549. The zero-order valence-electron chi connectivity index (χ0n) is 11.6. The molecule has 3 heteroatoms. The van der Waals surface area contributed by atoms with E-state index in [0.717, 1.165) is 25.6 Å². The number of rotatable bonds is 11. The third-order valence-electron chi connectivity index (χ3n) is 2.62. The zero-order valence-corrected chi connectivity index (χ0v) is 11.6. The molecule has 0 radical (unpaired) electrons. The van der Waals surface area contributed by atoms with Crippen molar-refractivity contribution in [1.29, 1.82) is 0 Å². The molecule has 0 aliphatic carbocycles. The molecule has 0 unspecified atom stereocenters. The maximum atomic E-state index is 5.04. The van der Waals surface area contributed by atoms with Crippen LogP contribution in [0.4, 0.5) is 0 Å². The van der Waals surface area contributed by atoms with Gasteiger partial charge in [0.25, 0.3) is 0 Å². The Labute approximate surface area is 102 Å². The van der Waals surface area contributed by atoms with Gasteiger partial charge in [-0.2, -0.15) is 0 Å². The van der Waals surface area contributed by atoms with Crippen LogP contribution in [0.5, 0.6) is 0 Å². The van der Waals surface area contributed by atoms with Crippen LogP contribution < -0.4 is 5.32 Å². The fourth-order valence-corrected chi connectivity index (χ4v) is 1.56. The van der Waals surface area contributed by atoms with Crippen molar-refractivity contribution in [1.82, 2.24) is 10.2 Å². The molecule has 0 aromatic rings. The van der Waals surface area contributed by atoms with Crippen LogP contribution in [-0.4, -0.2) is 51.8 Å². The smallest absolute Gasteiger partial charge is 0.0589 e. The van der Waals surface area contributed by atoms with Crippen molar-refractivity contribution in [2.24, 2.45) is 5.92 Å². The van der Waals surface area contributed by atoms with E-state index in [1.54, 1.807) is 7.11 Å². The lowest BCUT2D eigenvalue weighted by Crippen LogP contribution is -2.24. The highest BCUT2D eigenvalue weighted by molar-refractivity contribution is 4.54. The lowest BCUT2D eigenvalue weighted by Gasteiger charge is -2.15. The van der Waals surface area contributed by atoms with Crippen LogP contribution in [0.15, 0.2) is 0 Å². The number of nitrogens with zero attached hydrogens (tertiary/aromatic N) is 1. The molecule has 98 valence electrons. The first-order chi connectivity index (χ1) is 7.66. The van der Waals surface area contributed by atoms with E-state index in [0.29, 0.717) is 0 Å². The SMILES string of the molecule is COCCN(C)CCCCCNCC(C)C. The molecule has 0 saturated carbocycles. The number of hydrogen-bond donors (Lipinski definition) is 1. The summed E-state index contributed by atoms with van der Waals surface area (Å²) in [5.74, 6) is 0.764. The molecule has 0 aliphatic heterocycles. The molecule has 1 N–H and O–H groups in total. The van der Waals surface area contributed by atoms with Crippen molar-refractivity contribution in [3.63, 3.8) is 0 Å². The summed E-state index contributed by atoms with van der Waals surface area (Å²) >= 11 is 0. The number of nitrogens with one attached hydrogen (secondary N) is 1. The van der Waals surface area contributed by atoms with Gasteiger partial charge in [-0.25, -0.2) is 0 Å². The predicted molar refractivity (Wildman–Crippen MR) is 70.9 cm³/mol. The molecule has 0 amide bonds. The third-order valence-corrected chi connectivity index (χ3v) is 2.62. The molecule has 0 spiro atoms. The highest BCUT2D eigenvalue weighted by Crippen LogP contribution is 1.97. The minimum absolute atomic E-state index is 0.764. The summed E-state index contributed by atoms with van der Waals surface area (Å²) < 4.78 is 5.04. The van der Waals surface area contributed by atoms with Crippen LogP contribution in [0.3, 0.4) is 0 Å². The summed E-state index contributed by atoms with van der Waals surface area (Å²) in [4.78, 5) is 2.34. The van der Waals surface area contributed by atoms with Crippen molar-refractivity contribution in [3.05, 3.63) is 0 Å². The van der Waals surface area contributed by atoms with Gasteiger partial charge in [-0.05, 0) is 45.4 Å². The lowest BCUT2D eigenvalue weighted by molar-refractivity contribution is 0.160. The molecule has 0 atom stereocenters. The molecule has 0 bridgehead atoms. The van der Waals surface area contributed by atoms with Crippen molar-refractivity contribution < 1.29 is 4.74 Å². The Morgan fingerprint density at radius 1 is 1.12 bits per heavy atom. The van der Waals surface area contributed by atoms with Crippen molar-refractivity contribution in [2.45, 2.75) is 33.1 Å². The number of hydrogen-bond acceptors (Lipinski definition) is 3. The van der Waals surface area contributed by atoms with Gasteiger partial charge in [-0.1, -0.05) is 20.3 Å². The van der Waals surface area contributed by atoms with E-state index in [2.05, 4.69) is 31.1 Å². The minimum Gasteiger partial charge on any atom is -0.383 e. The van der Waals surface area contributed by atoms with Gasteiger partial charge in [-0.15, -0.1) is 0 Å². The molecule has 0 aromatic carbocycles. The summed E-state index contributed by atoms with van der Waals surface area (Å²) in [7, 11) is 3.92. The standard InChI is InChI=1S/C13H30N2O/c1-13(2)12-14-8-6-5-7-9-15(3)10-11-16-4/h13-14H,5-12H2,1-4H3. The van der Waals surface area contributed by atoms with E-state index in [1.165, 1.54) is 32.4 Å². The third kappa shape index (κ3) is 12.0. The maximum Gasteiger partial charge on any atom is 0.0589 e. The summed E-state index contributed by atoms with van der Waals surface area (Å²) in [5.41, 5.74) is 0. The molecule has 0 aliphatic rings. The first-order valence-corrected chi connectivity index (χ1v) is 6.55. The van der Waals surface area contributed by atoms with E-state index in [-0.39, 0.29) is 0 Å². The van der Waals surface area contributed by atoms with Crippen LogP contribution in [0.2, 0.25) is 0 Å². The monoisotopic (exact) mass is 230 g/mol. The van der Waals surface area contributed by atoms with E-state index >= 15 is 0 Å². The Hall–Kier alpha value is -0.120. The minimum atomic E-state index is 0.764. The van der Waals surface area contributed by atoms with Gasteiger partial charge in [-0.3, -0.25) is 0 Å². The number of ether oxygens (including phenoxy) is 1. The number of methoxy groups -OCH3 is 1. The second-order valence-corrected chi connectivity index (χ2v) is 4.95. The molecule has 0 rings (SSSR count). The van der Waals surface area contributed by atoms with E-state index in [4.69, 9.17) is 4.74 Å². The molecule has 0 heterocycles. The normalized spacial score (nSPS) is 11.6. The fraction of sp³-hybridized carbons (Fsp3) is 1.00. The summed E-state index contributed by atoms with van der Waals surface area (Å²) in [6.45, 7) is 9.88. The van der Waals surface area contributed by atoms with E-state index in [9.17, 15) is 0 Å². The van der Waals surface area contributed by atoms with Gasteiger partial charge in [0, 0.05) is 13.7 Å². The Morgan fingerprint density at radius 3 is 2.50 bits per heavy atom. The van der Waals surface area contributed by atoms with E-state index in [1.807, 2.05) is 0 Å². The highest BCUT2D eigenvalue weighted by Gasteiger charge is 1.97. The molecular weight excluding hydrogens is 200 g/mol. The number of unbranched alkanes of at least 4 members (excludes halogenated alkanes) is 2. The Bertz CT molecular complexity index is 140. The molecule has 16 heavy (non-hydrogen) atoms. The summed E-state index contributed by atoms with van der Waals surface area (Å²) in [6.07, 6.45) is 3.91. The molecule has 3 nitrogen and oxygen atoms in total. The molecule has 0 fully saturated rings. The molecule has 0 aromatic heterocycles. The van der Waals surface area contributed by atoms with Gasteiger partial charge < -0.3 is 15.0 Å². The van der Waals surface area contributed by atoms with Gasteiger partial charge in [0.05, 0.1) is 6.61 Å². The molecular formula is C13H30N2O. The lowest BCUT2D eigenvalue weighted by atomic mass is 10.2. The number of likely N-dealkylation sites (N-methyl/N-ethyl adjacent to an activating group) is 1. The fourth-order valence-electron chi connectivity index (χ4n) is 1.56. The largest absolute Gasteiger partial charge is 0.383 e. The average Bonchev–Trinajstić information content (AvgIpc) is 2.24. The van der Waals surface area contributed by atoms with Crippen molar-refractivity contribution in [3.8, 4) is 0 Å². The van der Waals surface area contributed by atoms with Crippen molar-refractivity contribution in [2.75, 3.05) is 46.9 Å². The summed E-state index contributed by atoms with van der Waals surface area (Å²) in [6, 6.07) is 0. The van der Waals surface area contributed by atoms with Crippen LogP contribution >= 0.6 is 0 Å². The average molecular weight is 230 g/mol. The van der Waals surface area contributed by atoms with Crippen molar-refractivity contribution >= 4 is 0 Å². The van der Waals surface area contributed by atoms with Crippen LogP contribution in [0.25, 0.3) is 0 Å².